The molecule has 1 fully saturated rings. The second kappa shape index (κ2) is 9.35. The Balaban J connectivity index is 1.60. The van der Waals surface area contributed by atoms with Crippen molar-refractivity contribution >= 4 is 5.91 Å². The molecule has 32 heavy (non-hydrogen) atoms. The number of carbonyl (C=O) groups excluding carboxylic acids is 1. The number of likely N-dealkylation sites (tertiary alicyclic amines) is 1. The van der Waals surface area contributed by atoms with Gasteiger partial charge in [-0.25, -0.2) is 0 Å². The fraction of sp³-hybridized carbons (Fsp3) is 0.385. The number of aryl methyl sites for hydroxylation is 3. The van der Waals surface area contributed by atoms with Crippen LogP contribution < -0.4 is 0 Å². The number of hydrogen-bond acceptors (Lipinski definition) is 4. The first-order valence-corrected chi connectivity index (χ1v) is 11.2. The molecule has 2 aromatic heterocycles. The van der Waals surface area contributed by atoms with Gasteiger partial charge in [-0.15, -0.1) is 0 Å². The van der Waals surface area contributed by atoms with Crippen molar-refractivity contribution in [3.8, 4) is 17.2 Å². The minimum Gasteiger partial charge on any atom is -0.335 e. The number of hydrogen-bond donors (Lipinski definition) is 0. The van der Waals surface area contributed by atoms with Crippen molar-refractivity contribution in [3.05, 3.63) is 71.3 Å². The van der Waals surface area contributed by atoms with Gasteiger partial charge in [-0.05, 0) is 62.3 Å². The summed E-state index contributed by atoms with van der Waals surface area (Å²) in [5, 5.41) is 13.3. The number of amides is 1. The summed E-state index contributed by atoms with van der Waals surface area (Å²) in [5.41, 5.74) is 5.23. The average Bonchev–Trinajstić information content (AvgIpc) is 3.24. The third-order valence-electron chi connectivity index (χ3n) is 6.45. The van der Waals surface area contributed by atoms with Crippen LogP contribution >= 0.6 is 0 Å². The van der Waals surface area contributed by atoms with Gasteiger partial charge in [-0.2, -0.15) is 10.4 Å². The van der Waals surface area contributed by atoms with E-state index in [1.54, 1.807) is 10.9 Å². The van der Waals surface area contributed by atoms with Crippen LogP contribution in [0.1, 0.15) is 53.4 Å². The molecule has 0 radical (unpaired) electrons. The van der Waals surface area contributed by atoms with E-state index in [0.29, 0.717) is 11.5 Å². The summed E-state index contributed by atoms with van der Waals surface area (Å²) in [6, 6.07) is 12.1. The predicted octanol–water partition coefficient (Wildman–Crippen LogP) is 4.54. The SMILES string of the molecule is Cc1ccc(-c2cnn(C)c2)c(C(=O)N2CCC[C@@H](C)[C@H]2CCc2ccc(C#N)cn2)c1. The number of aromatic nitrogens is 3. The van der Waals surface area contributed by atoms with Gasteiger partial charge in [0.25, 0.3) is 5.91 Å². The molecule has 1 saturated heterocycles. The maximum atomic E-state index is 13.9. The van der Waals surface area contributed by atoms with Crippen LogP contribution in [0.3, 0.4) is 0 Å². The Labute approximate surface area is 189 Å². The zero-order valence-electron chi connectivity index (χ0n) is 19.0. The molecule has 6 heteroatoms. The topological polar surface area (TPSA) is 74.8 Å². The van der Waals surface area contributed by atoms with Crippen LogP contribution in [0.25, 0.3) is 11.1 Å². The highest BCUT2D eigenvalue weighted by Crippen LogP contribution is 2.31. The molecule has 164 valence electrons. The van der Waals surface area contributed by atoms with Gasteiger partial charge in [-0.1, -0.05) is 24.6 Å². The summed E-state index contributed by atoms with van der Waals surface area (Å²) in [4.78, 5) is 20.3. The molecular formula is C26H29N5O. The van der Waals surface area contributed by atoms with Crippen LogP contribution in [0.2, 0.25) is 0 Å². The number of pyridine rings is 1. The van der Waals surface area contributed by atoms with E-state index in [1.165, 1.54) is 0 Å². The molecule has 1 aliphatic heterocycles. The van der Waals surface area contributed by atoms with E-state index >= 15 is 0 Å². The fourth-order valence-corrected chi connectivity index (χ4v) is 4.68. The number of rotatable bonds is 5. The van der Waals surface area contributed by atoms with E-state index in [4.69, 9.17) is 5.26 Å². The Hall–Kier alpha value is -3.46. The molecule has 1 aliphatic rings. The Kier molecular flexibility index (Phi) is 6.36. The molecular weight excluding hydrogens is 398 g/mol. The number of benzene rings is 1. The van der Waals surface area contributed by atoms with Gasteiger partial charge in [-0.3, -0.25) is 14.5 Å². The predicted molar refractivity (Wildman–Crippen MR) is 124 cm³/mol. The molecule has 0 bridgehead atoms. The molecule has 0 saturated carbocycles. The van der Waals surface area contributed by atoms with E-state index in [9.17, 15) is 4.79 Å². The zero-order chi connectivity index (χ0) is 22.7. The first kappa shape index (κ1) is 21.8. The lowest BCUT2D eigenvalue weighted by atomic mass is 9.86. The van der Waals surface area contributed by atoms with Crippen LogP contribution in [0.5, 0.6) is 0 Å². The maximum absolute atomic E-state index is 13.9. The first-order chi connectivity index (χ1) is 15.5. The first-order valence-electron chi connectivity index (χ1n) is 11.2. The number of nitriles is 1. The van der Waals surface area contributed by atoms with Gasteiger partial charge >= 0.3 is 0 Å². The molecule has 2 atom stereocenters. The number of carbonyl (C=O) groups is 1. The van der Waals surface area contributed by atoms with Crippen LogP contribution in [-0.4, -0.2) is 38.2 Å². The van der Waals surface area contributed by atoms with Crippen molar-refractivity contribution in [2.75, 3.05) is 6.54 Å². The third kappa shape index (κ3) is 4.57. The van der Waals surface area contributed by atoms with Crippen LogP contribution in [0.4, 0.5) is 0 Å². The van der Waals surface area contributed by atoms with Crippen LogP contribution in [0, 0.1) is 24.2 Å². The smallest absolute Gasteiger partial charge is 0.254 e. The maximum Gasteiger partial charge on any atom is 0.254 e. The molecule has 4 rings (SSSR count). The molecule has 1 aromatic carbocycles. The molecule has 0 unspecified atom stereocenters. The Morgan fingerprint density at radius 1 is 1.25 bits per heavy atom. The molecule has 3 aromatic rings. The van der Waals surface area contributed by atoms with Gasteiger partial charge in [0.1, 0.15) is 6.07 Å². The number of nitrogens with zero attached hydrogens (tertiary/aromatic N) is 5. The van der Waals surface area contributed by atoms with E-state index in [2.05, 4.69) is 28.0 Å². The van der Waals surface area contributed by atoms with Crippen molar-refractivity contribution in [2.45, 2.75) is 45.6 Å². The molecule has 1 amide bonds. The lowest BCUT2D eigenvalue weighted by molar-refractivity contribution is 0.0499. The largest absolute Gasteiger partial charge is 0.335 e. The Morgan fingerprint density at radius 3 is 2.78 bits per heavy atom. The van der Waals surface area contributed by atoms with Gasteiger partial charge < -0.3 is 4.90 Å². The summed E-state index contributed by atoms with van der Waals surface area (Å²) >= 11 is 0. The third-order valence-corrected chi connectivity index (χ3v) is 6.45. The normalized spacial score (nSPS) is 18.4. The van der Waals surface area contributed by atoms with E-state index in [0.717, 1.165) is 60.2 Å². The lowest BCUT2D eigenvalue weighted by Crippen LogP contribution is -2.48. The summed E-state index contributed by atoms with van der Waals surface area (Å²) < 4.78 is 1.76. The van der Waals surface area contributed by atoms with Crippen molar-refractivity contribution < 1.29 is 4.79 Å². The fourth-order valence-electron chi connectivity index (χ4n) is 4.68. The second-order valence-electron chi connectivity index (χ2n) is 8.83. The highest BCUT2D eigenvalue weighted by atomic mass is 16.2. The summed E-state index contributed by atoms with van der Waals surface area (Å²) in [5.74, 6) is 0.523. The molecule has 6 nitrogen and oxygen atoms in total. The molecule has 0 spiro atoms. The highest BCUT2D eigenvalue weighted by Gasteiger charge is 2.33. The minimum absolute atomic E-state index is 0.0943. The van der Waals surface area contributed by atoms with E-state index < -0.39 is 0 Å². The van der Waals surface area contributed by atoms with Crippen LogP contribution in [0.15, 0.2) is 48.9 Å². The van der Waals surface area contributed by atoms with Crippen molar-refractivity contribution in [1.82, 2.24) is 19.7 Å². The zero-order valence-corrected chi connectivity index (χ0v) is 19.0. The lowest BCUT2D eigenvalue weighted by Gasteiger charge is -2.40. The summed E-state index contributed by atoms with van der Waals surface area (Å²) in [6.07, 6.45) is 9.18. The van der Waals surface area contributed by atoms with Crippen molar-refractivity contribution in [1.29, 1.82) is 5.26 Å². The number of piperidine rings is 1. The highest BCUT2D eigenvalue weighted by molar-refractivity contribution is 6.01. The summed E-state index contributed by atoms with van der Waals surface area (Å²) in [6.45, 7) is 5.04. The standard InChI is InChI=1S/C26H29N5O/c1-18-6-10-23(21-16-29-30(3)17-21)24(13-18)26(32)31-12-4-5-19(2)25(31)11-9-22-8-7-20(14-27)15-28-22/h6-8,10,13,15-17,19,25H,4-5,9,11-12H2,1-3H3/t19-,25-/m1/s1. The summed E-state index contributed by atoms with van der Waals surface area (Å²) in [7, 11) is 1.89. The molecule has 0 aliphatic carbocycles. The monoisotopic (exact) mass is 427 g/mol. The van der Waals surface area contributed by atoms with Gasteiger partial charge in [0.05, 0.1) is 11.8 Å². The van der Waals surface area contributed by atoms with Crippen LogP contribution in [-0.2, 0) is 13.5 Å². The molecule has 3 heterocycles. The van der Waals surface area contributed by atoms with Gasteiger partial charge in [0.15, 0.2) is 0 Å². The second-order valence-corrected chi connectivity index (χ2v) is 8.83. The Morgan fingerprint density at radius 2 is 2.09 bits per heavy atom. The Bertz CT molecular complexity index is 1140. The average molecular weight is 428 g/mol. The minimum atomic E-state index is 0.0943. The van der Waals surface area contributed by atoms with Crippen molar-refractivity contribution in [3.63, 3.8) is 0 Å². The molecule has 0 N–H and O–H groups in total. The van der Waals surface area contributed by atoms with Gasteiger partial charge in [0.2, 0.25) is 0 Å². The van der Waals surface area contributed by atoms with E-state index in [-0.39, 0.29) is 11.9 Å². The van der Waals surface area contributed by atoms with Crippen molar-refractivity contribution in [2.24, 2.45) is 13.0 Å². The van der Waals surface area contributed by atoms with Gasteiger partial charge in [0, 0.05) is 48.8 Å². The quantitative estimate of drug-likeness (QED) is 0.599. The van der Waals surface area contributed by atoms with E-state index in [1.807, 2.05) is 56.7 Å².